The Morgan fingerprint density at radius 2 is 2.33 bits per heavy atom. The van der Waals surface area contributed by atoms with E-state index in [0.717, 1.165) is 4.57 Å². The summed E-state index contributed by atoms with van der Waals surface area (Å²) in [5, 5.41) is 11.0. The Hall–Kier alpha value is -2.62. The van der Waals surface area contributed by atoms with Gasteiger partial charge in [-0.05, 0) is 6.07 Å². The average molecular weight is 249 g/mol. The Kier molecular flexibility index (Phi) is 4.63. The molecule has 2 N–H and O–H groups in total. The number of rotatable bonds is 5. The molecule has 0 bridgehead atoms. The number of terminal acetylenes is 1. The van der Waals surface area contributed by atoms with Gasteiger partial charge < -0.3 is 10.4 Å². The van der Waals surface area contributed by atoms with Gasteiger partial charge in [-0.25, -0.2) is 14.6 Å². The topological polar surface area (TPSA) is 101 Å². The number of carboxylic acid groups (broad SMARTS) is 1. The molecule has 18 heavy (non-hydrogen) atoms. The van der Waals surface area contributed by atoms with E-state index in [9.17, 15) is 14.4 Å². The molecule has 1 aromatic heterocycles. The van der Waals surface area contributed by atoms with Crippen LogP contribution in [0.2, 0.25) is 0 Å². The first-order chi connectivity index (χ1) is 8.54. The van der Waals surface area contributed by atoms with Crippen molar-refractivity contribution in [3.63, 3.8) is 0 Å². The second-order valence-electron chi connectivity index (χ2n) is 3.40. The van der Waals surface area contributed by atoms with E-state index in [-0.39, 0.29) is 13.0 Å². The summed E-state index contributed by atoms with van der Waals surface area (Å²) in [5.41, 5.74) is -0.587. The predicted octanol–water partition coefficient (Wildman–Crippen LogP) is -1.16. The molecule has 94 valence electrons. The molecule has 0 aliphatic rings. The number of nitrogens with zero attached hydrogens (tertiary/aromatic N) is 2. The van der Waals surface area contributed by atoms with Crippen LogP contribution in [0.4, 0.5) is 0 Å². The van der Waals surface area contributed by atoms with Crippen molar-refractivity contribution in [3.8, 4) is 12.3 Å². The van der Waals surface area contributed by atoms with Crippen molar-refractivity contribution in [2.75, 3.05) is 0 Å². The molecule has 1 atom stereocenters. The van der Waals surface area contributed by atoms with Crippen LogP contribution in [0.5, 0.6) is 0 Å². The van der Waals surface area contributed by atoms with Crippen LogP contribution >= 0.6 is 0 Å². The van der Waals surface area contributed by atoms with Crippen molar-refractivity contribution in [2.45, 2.75) is 19.0 Å². The number of carbonyl (C=O) groups is 2. The minimum Gasteiger partial charge on any atom is -0.480 e. The van der Waals surface area contributed by atoms with Crippen LogP contribution < -0.4 is 11.0 Å². The van der Waals surface area contributed by atoms with Crippen molar-refractivity contribution in [1.82, 2.24) is 14.9 Å². The van der Waals surface area contributed by atoms with Crippen molar-refractivity contribution < 1.29 is 14.7 Å². The fourth-order valence-electron chi connectivity index (χ4n) is 1.22. The summed E-state index contributed by atoms with van der Waals surface area (Å²) in [5.74, 6) is 0.313. The lowest BCUT2D eigenvalue weighted by atomic mass is 10.2. The Balaban J connectivity index is 2.67. The molecule has 0 saturated heterocycles. The van der Waals surface area contributed by atoms with Crippen LogP contribution in [0.1, 0.15) is 6.42 Å². The summed E-state index contributed by atoms with van der Waals surface area (Å²) >= 11 is 0. The van der Waals surface area contributed by atoms with E-state index in [1.165, 1.54) is 18.5 Å². The Labute approximate surface area is 102 Å². The molecule has 1 amide bonds. The van der Waals surface area contributed by atoms with Gasteiger partial charge in [-0.2, -0.15) is 0 Å². The first-order valence-corrected chi connectivity index (χ1v) is 5.01. The molecule has 0 radical (unpaired) electrons. The molecule has 0 aliphatic carbocycles. The summed E-state index contributed by atoms with van der Waals surface area (Å²) < 4.78 is 1.06. The van der Waals surface area contributed by atoms with Crippen LogP contribution in [0, 0.1) is 12.3 Å². The molecule has 1 unspecified atom stereocenters. The highest BCUT2D eigenvalue weighted by molar-refractivity contribution is 5.83. The molecule has 0 aliphatic heterocycles. The number of hydrogen-bond acceptors (Lipinski definition) is 4. The fraction of sp³-hybridized carbons (Fsp3) is 0.273. The lowest BCUT2D eigenvalue weighted by Gasteiger charge is -2.12. The highest BCUT2D eigenvalue weighted by Gasteiger charge is 2.18. The van der Waals surface area contributed by atoms with E-state index < -0.39 is 23.6 Å². The number of aliphatic carboxylic acids is 1. The Morgan fingerprint density at radius 3 is 2.89 bits per heavy atom. The Bertz CT molecular complexity index is 544. The van der Waals surface area contributed by atoms with Gasteiger partial charge in [0.1, 0.15) is 12.6 Å². The summed E-state index contributed by atoms with van der Waals surface area (Å²) in [6.07, 6.45) is 7.55. The molecule has 0 saturated carbocycles. The maximum Gasteiger partial charge on any atom is 0.347 e. The number of aromatic nitrogens is 2. The molecule has 0 spiro atoms. The Morgan fingerprint density at radius 1 is 1.61 bits per heavy atom. The number of carbonyl (C=O) groups excluding carboxylic acids is 1. The summed E-state index contributed by atoms with van der Waals surface area (Å²) in [6, 6.07) is 0.333. The van der Waals surface area contributed by atoms with E-state index in [2.05, 4.69) is 16.2 Å². The maximum atomic E-state index is 11.5. The molecule has 1 aromatic rings. The second kappa shape index (κ2) is 6.20. The monoisotopic (exact) mass is 249 g/mol. The summed E-state index contributed by atoms with van der Waals surface area (Å²) in [7, 11) is 0. The van der Waals surface area contributed by atoms with Crippen molar-refractivity contribution in [3.05, 3.63) is 28.9 Å². The SMILES string of the molecule is C#CCC(NC(=O)Cn1cccnc1=O)C(=O)O. The molecule has 1 rings (SSSR count). The highest BCUT2D eigenvalue weighted by Crippen LogP contribution is 1.91. The summed E-state index contributed by atoms with van der Waals surface area (Å²) in [4.78, 5) is 37.0. The normalized spacial score (nSPS) is 11.3. The van der Waals surface area contributed by atoms with Crippen molar-refractivity contribution in [2.24, 2.45) is 0 Å². The van der Waals surface area contributed by atoms with E-state index in [4.69, 9.17) is 11.5 Å². The number of carboxylic acids is 1. The zero-order valence-electron chi connectivity index (χ0n) is 9.37. The van der Waals surface area contributed by atoms with E-state index >= 15 is 0 Å². The minimum atomic E-state index is -1.22. The second-order valence-corrected chi connectivity index (χ2v) is 3.40. The molecule has 0 fully saturated rings. The lowest BCUT2D eigenvalue weighted by Crippen LogP contribution is -2.43. The summed E-state index contributed by atoms with van der Waals surface area (Å²) in [6.45, 7) is -0.305. The fourth-order valence-corrected chi connectivity index (χ4v) is 1.22. The molecule has 0 aromatic carbocycles. The third-order valence-corrected chi connectivity index (χ3v) is 2.05. The van der Waals surface area contributed by atoms with E-state index in [0.29, 0.717) is 0 Å². The van der Waals surface area contributed by atoms with Gasteiger partial charge in [0.15, 0.2) is 0 Å². The van der Waals surface area contributed by atoms with Gasteiger partial charge in [0.25, 0.3) is 0 Å². The first-order valence-electron chi connectivity index (χ1n) is 5.01. The van der Waals surface area contributed by atoms with Gasteiger partial charge >= 0.3 is 11.7 Å². The zero-order chi connectivity index (χ0) is 13.5. The quantitative estimate of drug-likeness (QED) is 0.641. The van der Waals surface area contributed by atoms with E-state index in [1.54, 1.807) is 0 Å². The highest BCUT2D eigenvalue weighted by atomic mass is 16.4. The molecule has 7 nitrogen and oxygen atoms in total. The van der Waals surface area contributed by atoms with Crippen molar-refractivity contribution >= 4 is 11.9 Å². The van der Waals surface area contributed by atoms with E-state index in [1.807, 2.05) is 0 Å². The van der Waals surface area contributed by atoms with Gasteiger partial charge in [-0.1, -0.05) is 0 Å². The first kappa shape index (κ1) is 13.4. The van der Waals surface area contributed by atoms with Crippen molar-refractivity contribution in [1.29, 1.82) is 0 Å². The lowest BCUT2D eigenvalue weighted by molar-refractivity contribution is -0.141. The van der Waals surface area contributed by atoms with Crippen LogP contribution in [0.3, 0.4) is 0 Å². The van der Waals surface area contributed by atoms with Gasteiger partial charge in [-0.15, -0.1) is 12.3 Å². The van der Waals surface area contributed by atoms with Crippen LogP contribution in [-0.4, -0.2) is 32.6 Å². The molecular weight excluding hydrogens is 238 g/mol. The van der Waals surface area contributed by atoms with Crippen LogP contribution in [0.15, 0.2) is 23.3 Å². The third-order valence-electron chi connectivity index (χ3n) is 2.05. The maximum absolute atomic E-state index is 11.5. The van der Waals surface area contributed by atoms with Gasteiger partial charge in [0, 0.05) is 18.8 Å². The third kappa shape index (κ3) is 3.75. The molecule has 7 heteroatoms. The smallest absolute Gasteiger partial charge is 0.347 e. The van der Waals surface area contributed by atoms with Crippen LogP contribution in [-0.2, 0) is 16.1 Å². The van der Waals surface area contributed by atoms with Gasteiger partial charge in [0.2, 0.25) is 5.91 Å². The standard InChI is InChI=1S/C11H11N3O4/c1-2-4-8(10(16)17)13-9(15)7-14-6-3-5-12-11(14)18/h1,3,5-6,8H,4,7H2,(H,13,15)(H,16,17). The largest absolute Gasteiger partial charge is 0.480 e. The average Bonchev–Trinajstić information content (AvgIpc) is 2.31. The number of nitrogens with one attached hydrogen (secondary N) is 1. The number of amides is 1. The predicted molar refractivity (Wildman–Crippen MR) is 61.5 cm³/mol. The molecular formula is C11H11N3O4. The minimum absolute atomic E-state index is 0.122. The number of hydrogen-bond donors (Lipinski definition) is 2. The van der Waals surface area contributed by atoms with Crippen LogP contribution in [0.25, 0.3) is 0 Å². The zero-order valence-corrected chi connectivity index (χ0v) is 9.37. The molecule has 1 heterocycles. The van der Waals surface area contributed by atoms with Gasteiger partial charge in [0.05, 0.1) is 0 Å². The van der Waals surface area contributed by atoms with Gasteiger partial charge in [-0.3, -0.25) is 9.36 Å².